The number of halogens is 1. The Morgan fingerprint density at radius 3 is 2.68 bits per heavy atom. The van der Waals surface area contributed by atoms with E-state index < -0.39 is 17.5 Å². The number of ether oxygens (including phenoxy) is 1. The third kappa shape index (κ3) is 4.87. The molecule has 0 aromatic heterocycles. The van der Waals surface area contributed by atoms with Crippen molar-refractivity contribution in [1.29, 1.82) is 0 Å². The molecule has 2 unspecified atom stereocenters. The molecule has 1 aromatic rings. The van der Waals surface area contributed by atoms with Gasteiger partial charge >= 0.3 is 6.09 Å². The van der Waals surface area contributed by atoms with Crippen LogP contribution in [0.2, 0.25) is 0 Å². The fraction of sp³-hybridized carbons (Fsp3) is 0.562. The Kier molecular flexibility index (Phi) is 4.90. The highest BCUT2D eigenvalue weighted by atomic mass is 19.1. The quantitative estimate of drug-likeness (QED) is 0.799. The van der Waals surface area contributed by atoms with Crippen LogP contribution >= 0.6 is 0 Å². The van der Waals surface area contributed by atoms with Gasteiger partial charge in [0.05, 0.1) is 5.69 Å². The van der Waals surface area contributed by atoms with Crippen LogP contribution in [0.15, 0.2) is 18.2 Å². The minimum absolute atomic E-state index is 0.0987. The normalized spacial score (nSPS) is 21.5. The van der Waals surface area contributed by atoms with Crippen molar-refractivity contribution in [2.45, 2.75) is 57.7 Å². The molecule has 6 heteroatoms. The van der Waals surface area contributed by atoms with Gasteiger partial charge in [-0.05, 0) is 58.2 Å². The van der Waals surface area contributed by atoms with E-state index in [2.05, 4.69) is 10.6 Å². The van der Waals surface area contributed by atoms with Gasteiger partial charge in [0.1, 0.15) is 11.4 Å². The van der Waals surface area contributed by atoms with E-state index >= 15 is 0 Å². The molecule has 0 aliphatic heterocycles. The third-order valence-electron chi connectivity index (χ3n) is 3.45. The van der Waals surface area contributed by atoms with Crippen molar-refractivity contribution in [3.8, 4) is 0 Å². The Bertz CT molecular complexity index is 543. The maximum absolute atomic E-state index is 13.8. The van der Waals surface area contributed by atoms with Crippen molar-refractivity contribution >= 4 is 17.5 Å². The summed E-state index contributed by atoms with van der Waals surface area (Å²) in [7, 11) is 0. The summed E-state index contributed by atoms with van der Waals surface area (Å²) in [6, 6.07) is 5.05. The monoisotopic (exact) mass is 309 g/mol. The largest absolute Gasteiger partial charge is 0.444 e. The zero-order chi connectivity index (χ0) is 16.3. The predicted octanol–water partition coefficient (Wildman–Crippen LogP) is 3.46. The molecule has 1 fully saturated rings. The van der Waals surface area contributed by atoms with Crippen molar-refractivity contribution in [3.63, 3.8) is 0 Å². The standard InChI is InChI=1S/C16H24FN3O2/c1-16(2,3)22-15(21)20-14-9-12(6-7-13(14)17)19-11-5-4-10(18)8-11/h6-7,9-11,19H,4-5,8,18H2,1-3H3,(H,20,21). The van der Waals surface area contributed by atoms with Crippen LogP contribution < -0.4 is 16.4 Å². The zero-order valence-corrected chi connectivity index (χ0v) is 13.3. The number of carbonyl (C=O) groups is 1. The molecule has 0 heterocycles. The topological polar surface area (TPSA) is 76.4 Å². The first-order chi connectivity index (χ1) is 10.2. The zero-order valence-electron chi connectivity index (χ0n) is 13.3. The van der Waals surface area contributed by atoms with Crippen LogP contribution in [-0.4, -0.2) is 23.8 Å². The highest BCUT2D eigenvalue weighted by molar-refractivity contribution is 5.85. The van der Waals surface area contributed by atoms with E-state index in [0.29, 0.717) is 0 Å². The minimum atomic E-state index is -0.675. The molecule has 2 rings (SSSR count). The van der Waals surface area contributed by atoms with Gasteiger partial charge in [0, 0.05) is 17.8 Å². The van der Waals surface area contributed by atoms with Crippen LogP contribution in [0.25, 0.3) is 0 Å². The van der Waals surface area contributed by atoms with Crippen molar-refractivity contribution < 1.29 is 13.9 Å². The number of nitrogens with one attached hydrogen (secondary N) is 2. The Hall–Kier alpha value is -1.82. The number of hydrogen-bond donors (Lipinski definition) is 3. The second-order valence-electron chi connectivity index (χ2n) is 6.74. The summed E-state index contributed by atoms with van der Waals surface area (Å²) in [5.74, 6) is -0.500. The van der Waals surface area contributed by atoms with Crippen molar-refractivity contribution in [2.75, 3.05) is 10.6 Å². The smallest absolute Gasteiger partial charge is 0.412 e. The fourth-order valence-electron chi connectivity index (χ4n) is 2.51. The molecule has 22 heavy (non-hydrogen) atoms. The number of benzene rings is 1. The van der Waals surface area contributed by atoms with Crippen molar-refractivity contribution in [3.05, 3.63) is 24.0 Å². The molecular weight excluding hydrogens is 285 g/mol. The predicted molar refractivity (Wildman–Crippen MR) is 85.5 cm³/mol. The summed E-state index contributed by atoms with van der Waals surface area (Å²) >= 11 is 0. The van der Waals surface area contributed by atoms with Gasteiger partial charge in [-0.15, -0.1) is 0 Å². The highest BCUT2D eigenvalue weighted by Gasteiger charge is 2.22. The van der Waals surface area contributed by atoms with Crippen LogP contribution in [-0.2, 0) is 4.74 Å². The van der Waals surface area contributed by atoms with E-state index in [4.69, 9.17) is 10.5 Å². The highest BCUT2D eigenvalue weighted by Crippen LogP contribution is 2.25. The van der Waals surface area contributed by atoms with Gasteiger partial charge in [-0.3, -0.25) is 5.32 Å². The minimum Gasteiger partial charge on any atom is -0.444 e. The summed E-state index contributed by atoms with van der Waals surface area (Å²) in [6.07, 6.45) is 2.20. The molecule has 1 amide bonds. The molecule has 0 spiro atoms. The van der Waals surface area contributed by atoms with Gasteiger partial charge in [-0.25, -0.2) is 9.18 Å². The lowest BCUT2D eigenvalue weighted by Crippen LogP contribution is -2.27. The molecule has 1 saturated carbocycles. The summed E-state index contributed by atoms with van der Waals surface area (Å²) in [6.45, 7) is 5.26. The molecule has 122 valence electrons. The van der Waals surface area contributed by atoms with Crippen LogP contribution in [0.1, 0.15) is 40.0 Å². The van der Waals surface area contributed by atoms with Gasteiger partial charge in [0.2, 0.25) is 0 Å². The van der Waals surface area contributed by atoms with Crippen LogP contribution in [0.4, 0.5) is 20.6 Å². The number of amides is 1. The summed E-state index contributed by atoms with van der Waals surface area (Å²) < 4.78 is 19.0. The van der Waals surface area contributed by atoms with Crippen LogP contribution in [0.5, 0.6) is 0 Å². The molecule has 5 nitrogen and oxygen atoms in total. The molecule has 4 N–H and O–H groups in total. The maximum atomic E-state index is 13.8. The van der Waals surface area contributed by atoms with Gasteiger partial charge in [-0.2, -0.15) is 0 Å². The van der Waals surface area contributed by atoms with Crippen molar-refractivity contribution in [1.82, 2.24) is 0 Å². The number of nitrogens with two attached hydrogens (primary N) is 1. The Balaban J connectivity index is 2.02. The first-order valence-corrected chi connectivity index (χ1v) is 7.54. The summed E-state index contributed by atoms with van der Waals surface area (Å²) in [4.78, 5) is 11.7. The third-order valence-corrected chi connectivity index (χ3v) is 3.45. The van der Waals surface area contributed by atoms with Gasteiger partial charge in [0.25, 0.3) is 0 Å². The molecule has 1 aliphatic rings. The van der Waals surface area contributed by atoms with Crippen LogP contribution in [0.3, 0.4) is 0 Å². The van der Waals surface area contributed by atoms with Crippen LogP contribution in [0, 0.1) is 5.82 Å². The average molecular weight is 309 g/mol. The van der Waals surface area contributed by atoms with Crippen molar-refractivity contribution in [2.24, 2.45) is 5.73 Å². The molecule has 2 atom stereocenters. The Morgan fingerprint density at radius 2 is 2.09 bits per heavy atom. The molecule has 0 saturated heterocycles. The Morgan fingerprint density at radius 1 is 1.36 bits per heavy atom. The second-order valence-corrected chi connectivity index (χ2v) is 6.74. The van der Waals surface area contributed by atoms with Gasteiger partial charge in [0.15, 0.2) is 0 Å². The number of carbonyl (C=O) groups excluding carboxylic acids is 1. The van der Waals surface area contributed by atoms with E-state index in [1.807, 2.05) is 0 Å². The lowest BCUT2D eigenvalue weighted by molar-refractivity contribution is 0.0635. The number of rotatable bonds is 3. The van der Waals surface area contributed by atoms with E-state index in [1.165, 1.54) is 6.07 Å². The van der Waals surface area contributed by atoms with Gasteiger partial charge in [-0.1, -0.05) is 0 Å². The summed E-state index contributed by atoms with van der Waals surface area (Å²) in [5, 5.41) is 5.76. The maximum Gasteiger partial charge on any atom is 0.412 e. The fourth-order valence-corrected chi connectivity index (χ4v) is 2.51. The molecule has 1 aromatic carbocycles. The molecular formula is C16H24FN3O2. The lowest BCUT2D eigenvalue weighted by atomic mass is 10.2. The molecule has 0 radical (unpaired) electrons. The lowest BCUT2D eigenvalue weighted by Gasteiger charge is -2.20. The second kappa shape index (κ2) is 6.52. The number of hydrogen-bond acceptors (Lipinski definition) is 4. The van der Waals surface area contributed by atoms with E-state index in [9.17, 15) is 9.18 Å². The van der Waals surface area contributed by atoms with Gasteiger partial charge < -0.3 is 15.8 Å². The molecule has 1 aliphatic carbocycles. The Labute approximate surface area is 130 Å². The van der Waals surface area contributed by atoms with E-state index in [-0.39, 0.29) is 17.8 Å². The SMILES string of the molecule is CC(C)(C)OC(=O)Nc1cc(NC2CCC(N)C2)ccc1F. The first-order valence-electron chi connectivity index (χ1n) is 7.54. The average Bonchev–Trinajstić information content (AvgIpc) is 2.76. The number of anilines is 2. The summed E-state index contributed by atoms with van der Waals surface area (Å²) in [5.41, 5.74) is 6.11. The van der Waals surface area contributed by atoms with E-state index in [1.54, 1.807) is 32.9 Å². The van der Waals surface area contributed by atoms with E-state index in [0.717, 1.165) is 24.9 Å². The molecule has 0 bridgehead atoms. The first kappa shape index (κ1) is 16.5.